The summed E-state index contributed by atoms with van der Waals surface area (Å²) in [7, 11) is 0. The second kappa shape index (κ2) is 6.04. The van der Waals surface area contributed by atoms with E-state index in [4.69, 9.17) is 34.3 Å². The number of halogens is 1. The first kappa shape index (κ1) is 13.8. The molecule has 2 N–H and O–H groups in total. The molecule has 0 amide bonds. The minimum atomic E-state index is 0.322. The summed E-state index contributed by atoms with van der Waals surface area (Å²) in [6.07, 6.45) is 3.68. The molecule has 0 saturated carbocycles. The summed E-state index contributed by atoms with van der Waals surface area (Å²) < 4.78 is 7.65. The Hall–Kier alpha value is -1.59. The van der Waals surface area contributed by atoms with Crippen LogP contribution in [0.4, 0.5) is 0 Å². The molecule has 0 saturated heterocycles. The van der Waals surface area contributed by atoms with Crippen molar-refractivity contribution in [2.24, 2.45) is 5.73 Å². The number of hydrogen-bond donors (Lipinski definition) is 1. The lowest BCUT2D eigenvalue weighted by Gasteiger charge is -2.10. The molecule has 100 valence electrons. The molecule has 19 heavy (non-hydrogen) atoms. The van der Waals surface area contributed by atoms with E-state index in [-0.39, 0.29) is 0 Å². The maximum Gasteiger partial charge on any atom is 0.138 e. The van der Waals surface area contributed by atoms with Crippen LogP contribution in [-0.2, 0) is 6.54 Å². The van der Waals surface area contributed by atoms with Crippen molar-refractivity contribution in [2.75, 3.05) is 6.61 Å². The number of hydrogen-bond acceptors (Lipinski definition) is 3. The predicted octanol–water partition coefficient (Wildman–Crippen LogP) is 2.56. The SMILES string of the molecule is Cc1nccn1CCOc1ccc(C(N)=S)cc1Cl. The van der Waals surface area contributed by atoms with Gasteiger partial charge < -0.3 is 15.0 Å². The molecule has 0 aliphatic rings. The zero-order valence-corrected chi connectivity index (χ0v) is 12.0. The molecule has 0 fully saturated rings. The van der Waals surface area contributed by atoms with E-state index in [2.05, 4.69) is 4.98 Å². The molecule has 0 radical (unpaired) electrons. The number of nitrogens with zero attached hydrogens (tertiary/aromatic N) is 2. The molecule has 1 aromatic heterocycles. The summed E-state index contributed by atoms with van der Waals surface area (Å²) in [6, 6.07) is 5.28. The summed E-state index contributed by atoms with van der Waals surface area (Å²) in [4.78, 5) is 4.47. The Morgan fingerprint density at radius 1 is 1.53 bits per heavy atom. The molecule has 4 nitrogen and oxygen atoms in total. The molecular formula is C13H14ClN3OS. The van der Waals surface area contributed by atoms with Crippen LogP contribution < -0.4 is 10.5 Å². The van der Waals surface area contributed by atoms with Gasteiger partial charge >= 0.3 is 0 Å². The molecule has 0 aliphatic heterocycles. The molecule has 0 aliphatic carbocycles. The van der Waals surface area contributed by atoms with Gasteiger partial charge in [-0.1, -0.05) is 23.8 Å². The van der Waals surface area contributed by atoms with Crippen LogP contribution in [0.1, 0.15) is 11.4 Å². The predicted molar refractivity (Wildman–Crippen MR) is 79.8 cm³/mol. The Morgan fingerprint density at radius 3 is 2.89 bits per heavy atom. The highest BCUT2D eigenvalue weighted by atomic mass is 35.5. The van der Waals surface area contributed by atoms with E-state index in [9.17, 15) is 0 Å². The van der Waals surface area contributed by atoms with Crippen LogP contribution in [-0.4, -0.2) is 21.1 Å². The molecule has 1 heterocycles. The van der Waals surface area contributed by atoms with Gasteiger partial charge in [0.15, 0.2) is 0 Å². The van der Waals surface area contributed by atoms with E-state index in [0.717, 1.165) is 17.9 Å². The summed E-state index contributed by atoms with van der Waals surface area (Å²) in [5.41, 5.74) is 6.27. The van der Waals surface area contributed by atoms with Crippen LogP contribution in [0.15, 0.2) is 30.6 Å². The average Bonchev–Trinajstić information content (AvgIpc) is 2.77. The summed E-state index contributed by atoms with van der Waals surface area (Å²) in [6.45, 7) is 3.19. The van der Waals surface area contributed by atoms with E-state index in [1.807, 2.05) is 17.7 Å². The fraction of sp³-hybridized carbons (Fsp3) is 0.231. The minimum absolute atomic E-state index is 0.322. The van der Waals surface area contributed by atoms with Gasteiger partial charge in [0, 0.05) is 18.0 Å². The minimum Gasteiger partial charge on any atom is -0.490 e. The van der Waals surface area contributed by atoms with Crippen molar-refractivity contribution in [1.29, 1.82) is 0 Å². The third-order valence-corrected chi connectivity index (χ3v) is 3.26. The van der Waals surface area contributed by atoms with E-state index < -0.39 is 0 Å². The van der Waals surface area contributed by atoms with Crippen molar-refractivity contribution in [3.63, 3.8) is 0 Å². The first-order valence-corrected chi connectivity index (χ1v) is 6.56. The molecule has 0 atom stereocenters. The second-order valence-corrected chi connectivity index (χ2v) is 4.87. The van der Waals surface area contributed by atoms with Crippen LogP contribution >= 0.6 is 23.8 Å². The monoisotopic (exact) mass is 295 g/mol. The Kier molecular flexibility index (Phi) is 4.39. The fourth-order valence-corrected chi connectivity index (χ4v) is 2.03. The van der Waals surface area contributed by atoms with Crippen molar-refractivity contribution in [3.05, 3.63) is 47.0 Å². The molecule has 2 aromatic rings. The van der Waals surface area contributed by atoms with Gasteiger partial charge in [0.25, 0.3) is 0 Å². The zero-order chi connectivity index (χ0) is 13.8. The normalized spacial score (nSPS) is 10.4. The molecule has 0 unspecified atom stereocenters. The third-order valence-electron chi connectivity index (χ3n) is 2.73. The van der Waals surface area contributed by atoms with Gasteiger partial charge in [-0.05, 0) is 25.1 Å². The molecular weight excluding hydrogens is 282 g/mol. The van der Waals surface area contributed by atoms with Crippen LogP contribution in [0.25, 0.3) is 0 Å². The largest absolute Gasteiger partial charge is 0.490 e. The quantitative estimate of drug-likeness (QED) is 0.861. The van der Waals surface area contributed by atoms with E-state index in [1.165, 1.54) is 0 Å². The van der Waals surface area contributed by atoms with Gasteiger partial charge in [-0.2, -0.15) is 0 Å². The smallest absolute Gasteiger partial charge is 0.138 e. The second-order valence-electron chi connectivity index (χ2n) is 4.03. The highest BCUT2D eigenvalue weighted by molar-refractivity contribution is 7.80. The zero-order valence-electron chi connectivity index (χ0n) is 10.5. The Morgan fingerprint density at radius 2 is 2.32 bits per heavy atom. The van der Waals surface area contributed by atoms with Gasteiger partial charge in [0.05, 0.1) is 11.6 Å². The van der Waals surface area contributed by atoms with Crippen molar-refractivity contribution < 1.29 is 4.74 Å². The Labute approximate surface area is 122 Å². The number of nitrogens with two attached hydrogens (primary N) is 1. The topological polar surface area (TPSA) is 53.1 Å². The van der Waals surface area contributed by atoms with Crippen molar-refractivity contribution in [2.45, 2.75) is 13.5 Å². The van der Waals surface area contributed by atoms with Crippen LogP contribution in [0.3, 0.4) is 0 Å². The lowest BCUT2D eigenvalue weighted by Crippen LogP contribution is -2.11. The maximum atomic E-state index is 6.11. The van der Waals surface area contributed by atoms with Crippen molar-refractivity contribution >= 4 is 28.8 Å². The van der Waals surface area contributed by atoms with Crippen LogP contribution in [0, 0.1) is 6.92 Å². The Bertz CT molecular complexity index is 597. The number of rotatable bonds is 5. The number of ether oxygens (including phenoxy) is 1. The number of imidazole rings is 1. The number of benzene rings is 1. The standard InChI is InChI=1S/C13H14ClN3OS/c1-9-16-4-5-17(9)6-7-18-12-3-2-10(13(15)19)8-11(12)14/h2-5,8H,6-7H2,1H3,(H2,15,19). The van der Waals surface area contributed by atoms with E-state index in [1.54, 1.807) is 24.4 Å². The lowest BCUT2D eigenvalue weighted by atomic mass is 10.2. The number of aryl methyl sites for hydroxylation is 1. The van der Waals surface area contributed by atoms with Gasteiger partial charge in [0.1, 0.15) is 23.2 Å². The van der Waals surface area contributed by atoms with E-state index in [0.29, 0.717) is 22.4 Å². The Balaban J connectivity index is 1.96. The van der Waals surface area contributed by atoms with Crippen molar-refractivity contribution in [3.8, 4) is 5.75 Å². The summed E-state index contributed by atoms with van der Waals surface area (Å²) >= 11 is 11.0. The molecule has 6 heteroatoms. The first-order valence-electron chi connectivity index (χ1n) is 5.78. The summed E-state index contributed by atoms with van der Waals surface area (Å²) in [5.74, 6) is 1.58. The van der Waals surface area contributed by atoms with Crippen LogP contribution in [0.2, 0.25) is 5.02 Å². The lowest BCUT2D eigenvalue weighted by molar-refractivity contribution is 0.297. The van der Waals surface area contributed by atoms with Crippen LogP contribution in [0.5, 0.6) is 5.75 Å². The van der Waals surface area contributed by atoms with Gasteiger partial charge in [0.2, 0.25) is 0 Å². The van der Waals surface area contributed by atoms with E-state index >= 15 is 0 Å². The molecule has 2 rings (SSSR count). The highest BCUT2D eigenvalue weighted by Crippen LogP contribution is 2.25. The van der Waals surface area contributed by atoms with Gasteiger partial charge in [-0.3, -0.25) is 0 Å². The maximum absolute atomic E-state index is 6.11. The summed E-state index contributed by atoms with van der Waals surface area (Å²) in [5, 5.41) is 0.507. The number of aromatic nitrogens is 2. The first-order chi connectivity index (χ1) is 9.08. The van der Waals surface area contributed by atoms with Crippen molar-refractivity contribution in [1.82, 2.24) is 9.55 Å². The average molecular weight is 296 g/mol. The molecule has 0 bridgehead atoms. The molecule has 0 spiro atoms. The van der Waals surface area contributed by atoms with Gasteiger partial charge in [-0.25, -0.2) is 4.98 Å². The number of thiocarbonyl (C=S) groups is 1. The highest BCUT2D eigenvalue weighted by Gasteiger charge is 2.05. The van der Waals surface area contributed by atoms with Gasteiger partial charge in [-0.15, -0.1) is 0 Å². The third kappa shape index (κ3) is 3.45. The molecule has 1 aromatic carbocycles. The fourth-order valence-electron chi connectivity index (χ4n) is 1.67.